The van der Waals surface area contributed by atoms with Crippen LogP contribution in [0.3, 0.4) is 0 Å². The van der Waals surface area contributed by atoms with Crippen LogP contribution in [0.4, 0.5) is 0 Å². The van der Waals surface area contributed by atoms with Gasteiger partial charge in [-0.15, -0.1) is 13.1 Å². The first-order valence-electron chi connectivity index (χ1n) is 1.45. The van der Waals surface area contributed by atoms with Crippen molar-refractivity contribution >= 4 is 0 Å². The van der Waals surface area contributed by atoms with Gasteiger partial charge in [0.1, 0.15) is 0 Å². The smallest absolute Gasteiger partial charge is 0 e. The minimum absolute atomic E-state index is 0. The summed E-state index contributed by atoms with van der Waals surface area (Å²) in [5, 5.41) is 3.86. The Morgan fingerprint density at radius 1 is 1.40 bits per heavy atom. The van der Waals surface area contributed by atoms with Crippen molar-refractivity contribution in [1.82, 2.24) is 0 Å². The predicted octanol–water partition coefficient (Wildman–Crippen LogP) is 0.575. The van der Waals surface area contributed by atoms with Gasteiger partial charge in [-0.25, -0.2) is 0 Å². The second kappa shape index (κ2) is 2.86. The van der Waals surface area contributed by atoms with E-state index in [4.69, 9.17) is 0 Å². The first kappa shape index (κ1) is 5.65. The van der Waals surface area contributed by atoms with Crippen molar-refractivity contribution in [3.05, 3.63) is 11.7 Å². The van der Waals surface area contributed by atoms with Gasteiger partial charge in [-0.3, -0.25) is 0 Å². The third-order valence-corrected chi connectivity index (χ3v) is 0.516. The average Bonchev–Trinajstić information content (AvgIpc) is 0.722. The summed E-state index contributed by atoms with van der Waals surface area (Å²) in [6.45, 7) is 2.00. The van der Waals surface area contributed by atoms with E-state index in [0.29, 0.717) is 0 Å². The SMILES string of the molecule is [CH]1C[N-]C1.[W]. The van der Waals surface area contributed by atoms with Crippen LogP contribution in [-0.2, 0) is 21.1 Å². The molecule has 0 aromatic rings. The Kier molecular flexibility index (Phi) is 3.23. The van der Waals surface area contributed by atoms with E-state index in [0.717, 1.165) is 13.1 Å². The predicted molar refractivity (Wildman–Crippen MR) is 17.4 cm³/mol. The van der Waals surface area contributed by atoms with Crippen LogP contribution in [0, 0.1) is 6.42 Å². The Hall–Kier alpha value is 0.648. The summed E-state index contributed by atoms with van der Waals surface area (Å²) < 4.78 is 0. The van der Waals surface area contributed by atoms with Crippen molar-refractivity contribution in [2.24, 2.45) is 0 Å². The summed E-state index contributed by atoms with van der Waals surface area (Å²) >= 11 is 0. The van der Waals surface area contributed by atoms with E-state index >= 15 is 0 Å². The summed E-state index contributed by atoms with van der Waals surface area (Å²) in [7, 11) is 0. The third-order valence-electron chi connectivity index (χ3n) is 0.516. The monoisotopic (exact) mass is 239 g/mol. The molecule has 1 radical (unpaired) electrons. The van der Waals surface area contributed by atoms with Gasteiger partial charge < -0.3 is 5.32 Å². The Morgan fingerprint density at radius 3 is 1.60 bits per heavy atom. The summed E-state index contributed by atoms with van der Waals surface area (Å²) in [5.41, 5.74) is 0. The minimum atomic E-state index is 0. The minimum Gasteiger partial charge on any atom is -0.662 e. The summed E-state index contributed by atoms with van der Waals surface area (Å²) in [4.78, 5) is 0. The van der Waals surface area contributed by atoms with Crippen LogP contribution < -0.4 is 0 Å². The zero-order valence-electron chi connectivity index (χ0n) is 2.85. The average molecular weight is 239 g/mol. The first-order valence-corrected chi connectivity index (χ1v) is 1.45. The quantitative estimate of drug-likeness (QED) is 0.586. The molecule has 1 aliphatic rings. The van der Waals surface area contributed by atoms with Crippen molar-refractivity contribution < 1.29 is 21.1 Å². The molecule has 2 heteroatoms. The van der Waals surface area contributed by atoms with Crippen molar-refractivity contribution in [3.8, 4) is 0 Å². The molecule has 1 aliphatic heterocycles. The van der Waals surface area contributed by atoms with Gasteiger partial charge in [-0.1, -0.05) is 6.42 Å². The van der Waals surface area contributed by atoms with Crippen LogP contribution in [0.5, 0.6) is 0 Å². The molecule has 0 amide bonds. The van der Waals surface area contributed by atoms with Gasteiger partial charge in [0.15, 0.2) is 0 Å². The Bertz CT molecular complexity index is 14.9. The fourth-order valence-electron chi connectivity index (χ4n) is 0.129. The van der Waals surface area contributed by atoms with Gasteiger partial charge in [0, 0.05) is 21.1 Å². The molecule has 1 fully saturated rings. The number of rotatable bonds is 0. The summed E-state index contributed by atoms with van der Waals surface area (Å²) in [5.74, 6) is 0. The molecule has 0 unspecified atom stereocenters. The van der Waals surface area contributed by atoms with E-state index in [1.165, 1.54) is 0 Å². The molecule has 0 saturated carbocycles. The van der Waals surface area contributed by atoms with Gasteiger partial charge in [0.2, 0.25) is 0 Å². The molecule has 0 aromatic heterocycles. The maximum absolute atomic E-state index is 3.86. The van der Waals surface area contributed by atoms with Crippen molar-refractivity contribution in [2.75, 3.05) is 13.1 Å². The molecule has 1 rings (SSSR count). The molecular formula is C3H5NW-. The van der Waals surface area contributed by atoms with Crippen LogP contribution in [-0.4, -0.2) is 13.1 Å². The topological polar surface area (TPSA) is 14.1 Å². The van der Waals surface area contributed by atoms with Gasteiger partial charge in [0.05, 0.1) is 0 Å². The fraction of sp³-hybridized carbons (Fsp3) is 0.667. The molecular weight excluding hydrogens is 234 g/mol. The Balaban J connectivity index is 0.000000160. The largest absolute Gasteiger partial charge is 0.662 e. The van der Waals surface area contributed by atoms with Crippen LogP contribution in [0.25, 0.3) is 5.32 Å². The molecule has 1 nitrogen and oxygen atoms in total. The van der Waals surface area contributed by atoms with Gasteiger partial charge in [-0.05, 0) is 0 Å². The normalized spacial score (nSPS) is 19.2. The van der Waals surface area contributed by atoms with E-state index in [2.05, 4.69) is 11.7 Å². The van der Waals surface area contributed by atoms with Crippen molar-refractivity contribution in [2.45, 2.75) is 0 Å². The Morgan fingerprint density at radius 2 is 1.60 bits per heavy atom. The van der Waals surface area contributed by atoms with Crippen LogP contribution >= 0.6 is 0 Å². The second-order valence-corrected chi connectivity index (χ2v) is 0.877. The van der Waals surface area contributed by atoms with Gasteiger partial charge in [-0.2, -0.15) is 0 Å². The number of hydrogen-bond acceptors (Lipinski definition) is 0. The van der Waals surface area contributed by atoms with Crippen LogP contribution in [0.15, 0.2) is 0 Å². The van der Waals surface area contributed by atoms with E-state index < -0.39 is 0 Å². The molecule has 0 N–H and O–H groups in total. The summed E-state index contributed by atoms with van der Waals surface area (Å²) in [6.07, 6.45) is 2.14. The number of nitrogens with zero attached hydrogens (tertiary/aromatic N) is 1. The van der Waals surface area contributed by atoms with E-state index in [1.807, 2.05) is 0 Å². The maximum Gasteiger partial charge on any atom is 0 e. The van der Waals surface area contributed by atoms with E-state index in [1.54, 1.807) is 0 Å². The molecule has 0 aromatic carbocycles. The standard InChI is InChI=1S/C3H5N.W/c1-2-4-3-1;/h1H,2-3H2;/q-1;. The molecule has 0 bridgehead atoms. The van der Waals surface area contributed by atoms with E-state index in [-0.39, 0.29) is 21.1 Å². The zero-order chi connectivity index (χ0) is 2.83. The fourth-order valence-corrected chi connectivity index (χ4v) is 0.129. The van der Waals surface area contributed by atoms with Crippen LogP contribution in [0.2, 0.25) is 0 Å². The maximum atomic E-state index is 3.86. The van der Waals surface area contributed by atoms with E-state index in [9.17, 15) is 0 Å². The Labute approximate surface area is 46.4 Å². The second-order valence-electron chi connectivity index (χ2n) is 0.877. The molecule has 29 valence electrons. The summed E-state index contributed by atoms with van der Waals surface area (Å²) in [6, 6.07) is 0. The third kappa shape index (κ3) is 1.51. The zero-order valence-corrected chi connectivity index (χ0v) is 5.78. The van der Waals surface area contributed by atoms with Gasteiger partial charge in [0.25, 0.3) is 0 Å². The van der Waals surface area contributed by atoms with Crippen LogP contribution in [0.1, 0.15) is 0 Å². The molecule has 5 heavy (non-hydrogen) atoms. The number of hydrogen-bond donors (Lipinski definition) is 0. The van der Waals surface area contributed by atoms with Crippen molar-refractivity contribution in [1.29, 1.82) is 0 Å². The van der Waals surface area contributed by atoms with Gasteiger partial charge >= 0.3 is 0 Å². The molecule has 0 aliphatic carbocycles. The molecule has 0 atom stereocenters. The first-order chi connectivity index (χ1) is 2.00. The molecule has 1 saturated heterocycles. The molecule has 0 spiro atoms. The van der Waals surface area contributed by atoms with Crippen molar-refractivity contribution in [3.63, 3.8) is 0 Å². The molecule has 1 heterocycles.